The number of para-hydroxylation sites is 4. The van der Waals surface area contributed by atoms with E-state index in [0.29, 0.717) is 33.9 Å². The van der Waals surface area contributed by atoms with Crippen LogP contribution in [0.25, 0.3) is 42.4 Å². The standard InChI is InChI=1S/C53H34N6/c1-56-46-23-13-15-36(33-54)51(46)58(38-17-5-3-6-18-38)40-26-28-41-35(31-40)25-27-44-45-32-48(42-21-9-10-22-43(42)50(45)53(49(41)44)29-11-12-30-53)59(39-19-7-4-8-20-39)52-37(34-55)16-14-24-47(52)57-2/h3-10,13-28,31-32H,11-12,29-30H2. The average Bonchev–Trinajstić information content (AvgIpc) is 3.90. The molecular formula is C53H34N6. The minimum atomic E-state index is -0.211. The highest BCUT2D eigenvalue weighted by Crippen LogP contribution is 2.62. The third-order valence-corrected chi connectivity index (χ3v) is 12.2. The first-order valence-electron chi connectivity index (χ1n) is 19.8. The molecule has 1 fully saturated rings. The van der Waals surface area contributed by atoms with Crippen molar-refractivity contribution >= 4 is 67.0 Å². The fraction of sp³-hybridized carbons (Fsp3) is 0.0943. The van der Waals surface area contributed by atoms with Crippen molar-refractivity contribution in [2.45, 2.75) is 31.1 Å². The summed E-state index contributed by atoms with van der Waals surface area (Å²) in [6.07, 6.45) is 4.29. The summed E-state index contributed by atoms with van der Waals surface area (Å²) in [7, 11) is 0. The van der Waals surface area contributed by atoms with Gasteiger partial charge in [-0.2, -0.15) is 10.5 Å². The Morgan fingerprint density at radius 1 is 0.492 bits per heavy atom. The maximum absolute atomic E-state index is 10.4. The van der Waals surface area contributed by atoms with Gasteiger partial charge in [-0.05, 0) is 106 Å². The molecule has 8 aromatic carbocycles. The van der Waals surface area contributed by atoms with Crippen LogP contribution < -0.4 is 9.80 Å². The maximum Gasteiger partial charge on any atom is 0.211 e. The van der Waals surface area contributed by atoms with Crippen molar-refractivity contribution in [3.8, 4) is 23.3 Å². The maximum atomic E-state index is 10.4. The lowest BCUT2D eigenvalue weighted by Crippen LogP contribution is -2.22. The second-order valence-corrected chi connectivity index (χ2v) is 15.2. The van der Waals surface area contributed by atoms with Crippen LogP contribution in [-0.4, -0.2) is 0 Å². The largest absolute Gasteiger partial charge is 0.319 e. The fourth-order valence-corrected chi connectivity index (χ4v) is 9.91. The number of anilines is 6. The Balaban J connectivity index is 1.24. The van der Waals surface area contributed by atoms with Crippen molar-refractivity contribution in [1.29, 1.82) is 10.5 Å². The number of nitriles is 2. The van der Waals surface area contributed by atoms with Gasteiger partial charge in [-0.25, -0.2) is 9.69 Å². The molecule has 8 aromatic rings. The molecule has 6 heteroatoms. The van der Waals surface area contributed by atoms with Gasteiger partial charge in [0.25, 0.3) is 0 Å². The zero-order valence-corrected chi connectivity index (χ0v) is 32.0. The molecule has 0 atom stereocenters. The molecule has 276 valence electrons. The minimum absolute atomic E-state index is 0.211. The molecule has 0 radical (unpaired) electrons. The predicted molar refractivity (Wildman–Crippen MR) is 237 cm³/mol. The lowest BCUT2D eigenvalue weighted by molar-refractivity contribution is 0.559. The van der Waals surface area contributed by atoms with Gasteiger partial charge in [0, 0.05) is 27.9 Å². The van der Waals surface area contributed by atoms with Crippen molar-refractivity contribution in [2.75, 3.05) is 9.80 Å². The van der Waals surface area contributed by atoms with E-state index in [-0.39, 0.29) is 5.41 Å². The first-order chi connectivity index (χ1) is 29.1. The Labute approximate surface area is 343 Å². The Bertz CT molecular complexity index is 3110. The molecule has 59 heavy (non-hydrogen) atoms. The van der Waals surface area contributed by atoms with Crippen LogP contribution in [0, 0.1) is 35.8 Å². The van der Waals surface area contributed by atoms with Crippen LogP contribution in [-0.2, 0) is 5.41 Å². The Kier molecular flexibility index (Phi) is 8.43. The summed E-state index contributed by atoms with van der Waals surface area (Å²) < 4.78 is 0. The van der Waals surface area contributed by atoms with E-state index in [1.165, 1.54) is 33.0 Å². The number of hydrogen-bond acceptors (Lipinski definition) is 4. The van der Waals surface area contributed by atoms with Crippen LogP contribution in [0.1, 0.15) is 47.9 Å². The first-order valence-corrected chi connectivity index (χ1v) is 19.8. The summed E-state index contributed by atoms with van der Waals surface area (Å²) in [6, 6.07) is 57.4. The van der Waals surface area contributed by atoms with Crippen LogP contribution in [0.5, 0.6) is 0 Å². The quantitative estimate of drug-likeness (QED) is 0.159. The van der Waals surface area contributed by atoms with Crippen LogP contribution in [0.15, 0.2) is 158 Å². The highest BCUT2D eigenvalue weighted by atomic mass is 15.2. The Morgan fingerprint density at radius 2 is 1.05 bits per heavy atom. The van der Waals surface area contributed by atoms with Gasteiger partial charge in [0.2, 0.25) is 11.4 Å². The van der Waals surface area contributed by atoms with Gasteiger partial charge in [-0.15, -0.1) is 0 Å². The van der Waals surface area contributed by atoms with E-state index in [1.54, 1.807) is 36.4 Å². The molecule has 0 heterocycles. The Morgan fingerprint density at radius 3 is 1.66 bits per heavy atom. The number of nitrogens with zero attached hydrogens (tertiary/aromatic N) is 6. The zero-order chi connectivity index (χ0) is 40.1. The Hall–Kier alpha value is -8.16. The van der Waals surface area contributed by atoms with Gasteiger partial charge < -0.3 is 9.80 Å². The summed E-state index contributed by atoms with van der Waals surface area (Å²) >= 11 is 0. The van der Waals surface area contributed by atoms with E-state index in [9.17, 15) is 10.5 Å². The molecule has 0 saturated heterocycles. The van der Waals surface area contributed by atoms with Gasteiger partial charge in [0.15, 0.2) is 0 Å². The lowest BCUT2D eigenvalue weighted by atomic mass is 9.73. The summed E-state index contributed by atoms with van der Waals surface area (Å²) in [5, 5.41) is 25.2. The van der Waals surface area contributed by atoms with Crippen molar-refractivity contribution < 1.29 is 0 Å². The molecule has 0 amide bonds. The fourth-order valence-electron chi connectivity index (χ4n) is 9.91. The van der Waals surface area contributed by atoms with Gasteiger partial charge >= 0.3 is 0 Å². The molecule has 0 N–H and O–H groups in total. The van der Waals surface area contributed by atoms with Gasteiger partial charge in [0.05, 0.1) is 53.5 Å². The van der Waals surface area contributed by atoms with E-state index in [1.807, 2.05) is 65.6 Å². The average molecular weight is 755 g/mol. The number of fused-ring (bicyclic) bond motifs is 9. The number of hydrogen-bond donors (Lipinski definition) is 0. The molecular weight excluding hydrogens is 721 g/mol. The third-order valence-electron chi connectivity index (χ3n) is 12.2. The van der Waals surface area contributed by atoms with Crippen molar-refractivity contribution in [1.82, 2.24) is 0 Å². The number of rotatable bonds is 6. The predicted octanol–water partition coefficient (Wildman–Crippen LogP) is 14.6. The molecule has 0 aliphatic heterocycles. The van der Waals surface area contributed by atoms with Crippen LogP contribution in [0.2, 0.25) is 0 Å². The molecule has 1 spiro atoms. The summed E-state index contributed by atoms with van der Waals surface area (Å²) in [4.78, 5) is 11.9. The molecule has 2 aliphatic rings. The normalized spacial score (nSPS) is 13.2. The monoisotopic (exact) mass is 754 g/mol. The molecule has 0 unspecified atom stereocenters. The minimum Gasteiger partial charge on any atom is -0.319 e. The second kappa shape index (κ2) is 14.1. The zero-order valence-electron chi connectivity index (χ0n) is 32.0. The molecule has 6 nitrogen and oxygen atoms in total. The van der Waals surface area contributed by atoms with Gasteiger partial charge in [0.1, 0.15) is 0 Å². The summed E-state index contributed by atoms with van der Waals surface area (Å²) in [5.74, 6) is 0. The van der Waals surface area contributed by atoms with Crippen molar-refractivity contribution in [3.05, 3.63) is 203 Å². The summed E-state index contributed by atoms with van der Waals surface area (Å²) in [5.41, 5.74) is 11.2. The second-order valence-electron chi connectivity index (χ2n) is 15.2. The summed E-state index contributed by atoms with van der Waals surface area (Å²) in [6.45, 7) is 16.2. The van der Waals surface area contributed by atoms with Crippen molar-refractivity contribution in [2.24, 2.45) is 0 Å². The first kappa shape index (κ1) is 35.3. The third kappa shape index (κ3) is 5.36. The smallest absolute Gasteiger partial charge is 0.211 e. The van der Waals surface area contributed by atoms with Crippen molar-refractivity contribution in [3.63, 3.8) is 0 Å². The van der Waals surface area contributed by atoms with E-state index >= 15 is 0 Å². The lowest BCUT2D eigenvalue weighted by Gasteiger charge is -2.32. The van der Waals surface area contributed by atoms with Crippen LogP contribution in [0.3, 0.4) is 0 Å². The van der Waals surface area contributed by atoms with Gasteiger partial charge in [-0.3, -0.25) is 0 Å². The highest BCUT2D eigenvalue weighted by molar-refractivity contribution is 6.11. The molecule has 2 aliphatic carbocycles. The van der Waals surface area contributed by atoms with E-state index in [0.717, 1.165) is 59.2 Å². The topological polar surface area (TPSA) is 62.8 Å². The molecule has 0 bridgehead atoms. The van der Waals surface area contributed by atoms with E-state index in [2.05, 4.69) is 87.4 Å². The SMILES string of the molecule is [C-]#[N+]c1cccc(C#N)c1N(c1ccccc1)c1ccc2c3c(ccc2c1)-c1cc(N(c2ccccc2)c2c(C#N)cccc2[N+]#[C-])c2ccccc2c1C31CCCC1. The van der Waals surface area contributed by atoms with Crippen LogP contribution in [0.4, 0.5) is 45.5 Å². The molecule has 1 saturated carbocycles. The van der Waals surface area contributed by atoms with E-state index in [4.69, 9.17) is 13.1 Å². The highest BCUT2D eigenvalue weighted by Gasteiger charge is 2.47. The van der Waals surface area contributed by atoms with Crippen LogP contribution >= 0.6 is 0 Å². The van der Waals surface area contributed by atoms with Gasteiger partial charge in [-0.1, -0.05) is 116 Å². The molecule has 0 aromatic heterocycles. The van der Waals surface area contributed by atoms with E-state index < -0.39 is 0 Å². The molecule has 10 rings (SSSR count). The number of benzene rings is 8.